The maximum absolute atomic E-state index is 11.2. The molecule has 0 fully saturated rings. The van der Waals surface area contributed by atoms with Crippen molar-refractivity contribution >= 4 is 11.6 Å². The average molecular weight is 250 g/mol. The largest absolute Gasteiger partial charge is 0.482 e. The van der Waals surface area contributed by atoms with E-state index in [0.717, 1.165) is 5.56 Å². The Morgan fingerprint density at radius 2 is 2.28 bits per heavy atom. The molecule has 18 heavy (non-hydrogen) atoms. The summed E-state index contributed by atoms with van der Waals surface area (Å²) < 4.78 is 5.26. The number of hydrogen-bond acceptors (Lipinski definition) is 4. The molecule has 98 valence electrons. The van der Waals surface area contributed by atoms with Gasteiger partial charge in [0.05, 0.1) is 11.8 Å². The molecule has 1 aliphatic rings. The molecule has 2 rings (SSSR count). The Morgan fingerprint density at radius 3 is 2.94 bits per heavy atom. The fourth-order valence-electron chi connectivity index (χ4n) is 1.83. The van der Waals surface area contributed by atoms with Crippen molar-refractivity contribution in [2.45, 2.75) is 20.0 Å². The first-order chi connectivity index (χ1) is 8.44. The van der Waals surface area contributed by atoms with Crippen LogP contribution in [0.1, 0.15) is 25.5 Å². The lowest BCUT2D eigenvalue weighted by Crippen LogP contribution is -2.31. The second kappa shape index (κ2) is 4.59. The van der Waals surface area contributed by atoms with Crippen molar-refractivity contribution in [1.29, 1.82) is 0 Å². The van der Waals surface area contributed by atoms with Crippen LogP contribution in [0.15, 0.2) is 18.2 Å². The van der Waals surface area contributed by atoms with Gasteiger partial charge in [-0.05, 0) is 17.7 Å². The molecule has 0 bridgehead atoms. The van der Waals surface area contributed by atoms with Gasteiger partial charge in [-0.25, -0.2) is 0 Å². The Labute approximate surface area is 106 Å². The fourth-order valence-corrected chi connectivity index (χ4v) is 1.83. The summed E-state index contributed by atoms with van der Waals surface area (Å²) in [5.74, 6) is 0.434. The smallest absolute Gasteiger partial charge is 0.262 e. The molecule has 5 nitrogen and oxygen atoms in total. The van der Waals surface area contributed by atoms with Crippen LogP contribution in [0, 0.1) is 5.41 Å². The van der Waals surface area contributed by atoms with Crippen molar-refractivity contribution in [2.75, 3.05) is 18.5 Å². The van der Waals surface area contributed by atoms with Crippen LogP contribution in [0.4, 0.5) is 5.69 Å². The van der Waals surface area contributed by atoms with E-state index in [9.17, 15) is 9.90 Å². The molecule has 0 saturated carbocycles. The van der Waals surface area contributed by atoms with Crippen LogP contribution in [0.2, 0.25) is 0 Å². The SMILES string of the molecule is CC(C)(CN)C(O)c1ccc2c(c1)NC(=O)CO2. The molecule has 1 amide bonds. The van der Waals surface area contributed by atoms with Crippen molar-refractivity contribution in [2.24, 2.45) is 11.1 Å². The molecule has 5 heteroatoms. The molecule has 4 N–H and O–H groups in total. The van der Waals surface area contributed by atoms with Crippen LogP contribution < -0.4 is 15.8 Å². The van der Waals surface area contributed by atoms with E-state index in [1.54, 1.807) is 18.2 Å². The predicted octanol–water partition coefficient (Wildman–Crippen LogP) is 1.04. The lowest BCUT2D eigenvalue weighted by molar-refractivity contribution is -0.118. The average Bonchev–Trinajstić information content (AvgIpc) is 2.36. The van der Waals surface area contributed by atoms with E-state index in [2.05, 4.69) is 5.32 Å². The van der Waals surface area contributed by atoms with Gasteiger partial charge in [-0.1, -0.05) is 19.9 Å². The second-order valence-corrected chi connectivity index (χ2v) is 5.19. The van der Waals surface area contributed by atoms with Gasteiger partial charge in [0.25, 0.3) is 5.91 Å². The number of carbonyl (C=O) groups excluding carboxylic acids is 1. The van der Waals surface area contributed by atoms with Crippen LogP contribution >= 0.6 is 0 Å². The highest BCUT2D eigenvalue weighted by Gasteiger charge is 2.28. The number of rotatable bonds is 3. The summed E-state index contributed by atoms with van der Waals surface area (Å²) in [7, 11) is 0. The minimum Gasteiger partial charge on any atom is -0.482 e. The highest BCUT2D eigenvalue weighted by Crippen LogP contribution is 2.36. The molecule has 0 aliphatic carbocycles. The summed E-state index contributed by atoms with van der Waals surface area (Å²) in [6.07, 6.45) is -0.688. The number of benzene rings is 1. The van der Waals surface area contributed by atoms with Gasteiger partial charge < -0.3 is 20.9 Å². The molecule has 0 aromatic heterocycles. The van der Waals surface area contributed by atoms with Crippen LogP contribution in [-0.4, -0.2) is 24.2 Å². The van der Waals surface area contributed by atoms with Crippen LogP contribution in [-0.2, 0) is 4.79 Å². The van der Waals surface area contributed by atoms with Crippen LogP contribution in [0.3, 0.4) is 0 Å². The lowest BCUT2D eigenvalue weighted by Gasteiger charge is -2.30. The van der Waals surface area contributed by atoms with Crippen LogP contribution in [0.5, 0.6) is 5.75 Å². The topological polar surface area (TPSA) is 84.6 Å². The van der Waals surface area contributed by atoms with Gasteiger partial charge in [-0.2, -0.15) is 0 Å². The molecule has 1 atom stereocenters. The number of nitrogens with one attached hydrogen (secondary N) is 1. The summed E-state index contributed by atoms with van der Waals surface area (Å²) in [6.45, 7) is 4.19. The van der Waals surface area contributed by atoms with E-state index in [-0.39, 0.29) is 12.5 Å². The quantitative estimate of drug-likeness (QED) is 0.748. The monoisotopic (exact) mass is 250 g/mol. The number of nitrogens with two attached hydrogens (primary N) is 1. The van der Waals surface area contributed by atoms with Crippen molar-refractivity contribution < 1.29 is 14.6 Å². The Balaban J connectivity index is 2.31. The zero-order valence-corrected chi connectivity index (χ0v) is 10.6. The molecule has 0 saturated heterocycles. The Hall–Kier alpha value is -1.59. The van der Waals surface area contributed by atoms with E-state index >= 15 is 0 Å². The van der Waals surface area contributed by atoms with E-state index in [0.29, 0.717) is 18.0 Å². The van der Waals surface area contributed by atoms with Gasteiger partial charge in [0, 0.05) is 12.0 Å². The molecule has 1 aromatic rings. The molecule has 0 radical (unpaired) electrons. The normalized spacial score (nSPS) is 16.6. The first-order valence-corrected chi connectivity index (χ1v) is 5.89. The molecule has 1 aromatic carbocycles. The van der Waals surface area contributed by atoms with E-state index in [1.165, 1.54) is 0 Å². The third kappa shape index (κ3) is 2.32. The standard InChI is InChI=1S/C13H18N2O3/c1-13(2,7-14)12(17)8-3-4-10-9(5-8)15-11(16)6-18-10/h3-5,12,17H,6-7,14H2,1-2H3,(H,15,16). The highest BCUT2D eigenvalue weighted by atomic mass is 16.5. The molecule has 1 aliphatic heterocycles. The number of aliphatic hydroxyl groups is 1. The van der Waals surface area contributed by atoms with E-state index in [4.69, 9.17) is 10.5 Å². The number of amides is 1. The summed E-state index contributed by atoms with van der Waals surface area (Å²) in [5.41, 5.74) is 6.54. The third-order valence-corrected chi connectivity index (χ3v) is 3.22. The van der Waals surface area contributed by atoms with Gasteiger partial charge in [0.2, 0.25) is 0 Å². The number of fused-ring (bicyclic) bond motifs is 1. The third-order valence-electron chi connectivity index (χ3n) is 3.22. The number of carbonyl (C=O) groups is 1. The number of hydrogen-bond donors (Lipinski definition) is 3. The van der Waals surface area contributed by atoms with Gasteiger partial charge >= 0.3 is 0 Å². The molecule has 1 unspecified atom stereocenters. The minimum absolute atomic E-state index is 0.0309. The zero-order chi connectivity index (χ0) is 13.3. The van der Waals surface area contributed by atoms with Crippen molar-refractivity contribution in [1.82, 2.24) is 0 Å². The summed E-state index contributed by atoms with van der Waals surface area (Å²) in [4.78, 5) is 11.2. The lowest BCUT2D eigenvalue weighted by atomic mass is 9.82. The molecular formula is C13H18N2O3. The first kappa shape index (κ1) is 12.9. The van der Waals surface area contributed by atoms with E-state index in [1.807, 2.05) is 13.8 Å². The van der Waals surface area contributed by atoms with Gasteiger partial charge in [0.15, 0.2) is 6.61 Å². The predicted molar refractivity (Wildman–Crippen MR) is 68.4 cm³/mol. The van der Waals surface area contributed by atoms with Crippen molar-refractivity contribution in [3.05, 3.63) is 23.8 Å². The Morgan fingerprint density at radius 1 is 1.56 bits per heavy atom. The Bertz CT molecular complexity index is 471. The second-order valence-electron chi connectivity index (χ2n) is 5.19. The molecular weight excluding hydrogens is 232 g/mol. The summed E-state index contributed by atoms with van der Waals surface area (Å²) in [6, 6.07) is 5.27. The maximum atomic E-state index is 11.2. The van der Waals surface area contributed by atoms with Crippen molar-refractivity contribution in [3.63, 3.8) is 0 Å². The van der Waals surface area contributed by atoms with Crippen molar-refractivity contribution in [3.8, 4) is 5.75 Å². The first-order valence-electron chi connectivity index (χ1n) is 5.89. The molecule has 0 spiro atoms. The van der Waals surface area contributed by atoms with Gasteiger partial charge in [0.1, 0.15) is 5.75 Å². The van der Waals surface area contributed by atoms with Crippen LogP contribution in [0.25, 0.3) is 0 Å². The Kier molecular flexibility index (Phi) is 3.28. The van der Waals surface area contributed by atoms with E-state index < -0.39 is 11.5 Å². The zero-order valence-electron chi connectivity index (χ0n) is 10.6. The maximum Gasteiger partial charge on any atom is 0.262 e. The fraction of sp³-hybridized carbons (Fsp3) is 0.462. The number of ether oxygens (including phenoxy) is 1. The number of anilines is 1. The molecule has 1 heterocycles. The van der Waals surface area contributed by atoms with Gasteiger partial charge in [-0.3, -0.25) is 4.79 Å². The minimum atomic E-state index is -0.688. The highest BCUT2D eigenvalue weighted by molar-refractivity contribution is 5.95. The summed E-state index contributed by atoms with van der Waals surface area (Å²) >= 11 is 0. The summed E-state index contributed by atoms with van der Waals surface area (Å²) in [5, 5.41) is 13.0. The van der Waals surface area contributed by atoms with Gasteiger partial charge in [-0.15, -0.1) is 0 Å². The number of aliphatic hydroxyl groups excluding tert-OH is 1.